The summed E-state index contributed by atoms with van der Waals surface area (Å²) in [4.78, 5) is 12.3. The van der Waals surface area contributed by atoms with Crippen LogP contribution >= 0.6 is 0 Å². The first-order chi connectivity index (χ1) is 10.7. The number of ether oxygens (including phenoxy) is 1. The van der Waals surface area contributed by atoms with E-state index < -0.39 is 0 Å². The smallest absolute Gasteiger partial charge is 0.255 e. The van der Waals surface area contributed by atoms with Crippen LogP contribution in [0.1, 0.15) is 35.7 Å². The number of rotatable bonds is 6. The minimum Gasteiger partial charge on any atom is -0.494 e. The molecule has 112 valence electrons. The predicted octanol–water partition coefficient (Wildman–Crippen LogP) is 3.99. The van der Waals surface area contributed by atoms with Gasteiger partial charge in [-0.05, 0) is 36.8 Å². The fraction of sp³-hybridized carbons (Fsp3) is 0.222. The van der Waals surface area contributed by atoms with Crippen molar-refractivity contribution >= 4 is 11.6 Å². The van der Waals surface area contributed by atoms with Gasteiger partial charge in [0.05, 0.1) is 17.9 Å². The lowest BCUT2D eigenvalue weighted by Crippen LogP contribution is -2.13. The maximum absolute atomic E-state index is 12.3. The topological polar surface area (TPSA) is 62.1 Å². The number of benzene rings is 2. The summed E-state index contributed by atoms with van der Waals surface area (Å²) < 4.78 is 5.60. The average molecular weight is 294 g/mol. The van der Waals surface area contributed by atoms with E-state index in [1.54, 1.807) is 42.5 Å². The number of nitrogens with one attached hydrogen (secondary N) is 1. The van der Waals surface area contributed by atoms with E-state index in [0.29, 0.717) is 29.2 Å². The van der Waals surface area contributed by atoms with E-state index in [1.807, 2.05) is 6.07 Å². The normalized spacial score (nSPS) is 9.82. The van der Waals surface area contributed by atoms with Crippen LogP contribution < -0.4 is 10.1 Å². The maximum Gasteiger partial charge on any atom is 0.255 e. The Morgan fingerprint density at radius 1 is 1.23 bits per heavy atom. The molecule has 0 saturated heterocycles. The Balaban J connectivity index is 2.09. The predicted molar refractivity (Wildman–Crippen MR) is 86.0 cm³/mol. The largest absolute Gasteiger partial charge is 0.494 e. The van der Waals surface area contributed by atoms with Gasteiger partial charge >= 0.3 is 0 Å². The van der Waals surface area contributed by atoms with Gasteiger partial charge in [-0.3, -0.25) is 4.79 Å². The van der Waals surface area contributed by atoms with Gasteiger partial charge in [0.25, 0.3) is 5.91 Å². The van der Waals surface area contributed by atoms with Crippen molar-refractivity contribution in [1.82, 2.24) is 0 Å². The summed E-state index contributed by atoms with van der Waals surface area (Å²) in [5.74, 6) is 0.415. The maximum atomic E-state index is 12.3. The fourth-order valence-corrected chi connectivity index (χ4v) is 1.95. The Kier molecular flexibility index (Phi) is 5.56. The molecule has 4 nitrogen and oxygen atoms in total. The first-order valence-electron chi connectivity index (χ1n) is 7.28. The van der Waals surface area contributed by atoms with Crippen LogP contribution in [0.25, 0.3) is 0 Å². The lowest BCUT2D eigenvalue weighted by atomic mass is 10.1. The Morgan fingerprint density at radius 2 is 2.05 bits per heavy atom. The van der Waals surface area contributed by atoms with Crippen LogP contribution in [0, 0.1) is 11.3 Å². The molecule has 0 bridgehead atoms. The van der Waals surface area contributed by atoms with Gasteiger partial charge in [0.1, 0.15) is 11.8 Å². The van der Waals surface area contributed by atoms with Crippen LogP contribution in [0.4, 0.5) is 5.69 Å². The molecular formula is C18H18N2O2. The van der Waals surface area contributed by atoms with Gasteiger partial charge < -0.3 is 10.1 Å². The molecule has 1 N–H and O–H groups in total. The van der Waals surface area contributed by atoms with Crippen molar-refractivity contribution in [2.75, 3.05) is 11.9 Å². The summed E-state index contributed by atoms with van der Waals surface area (Å²) in [6, 6.07) is 16.0. The first kappa shape index (κ1) is 15.6. The van der Waals surface area contributed by atoms with Gasteiger partial charge in [0.15, 0.2) is 0 Å². The van der Waals surface area contributed by atoms with E-state index in [2.05, 4.69) is 18.3 Å². The summed E-state index contributed by atoms with van der Waals surface area (Å²) >= 11 is 0. The lowest BCUT2D eigenvalue weighted by molar-refractivity contribution is 0.102. The molecule has 0 fully saturated rings. The minimum absolute atomic E-state index is 0.261. The quantitative estimate of drug-likeness (QED) is 0.819. The third-order valence-corrected chi connectivity index (χ3v) is 3.16. The van der Waals surface area contributed by atoms with Crippen LogP contribution in [0.2, 0.25) is 0 Å². The van der Waals surface area contributed by atoms with Gasteiger partial charge in [0.2, 0.25) is 0 Å². The number of anilines is 1. The molecule has 0 spiro atoms. The van der Waals surface area contributed by atoms with Gasteiger partial charge in [-0.25, -0.2) is 0 Å². The second kappa shape index (κ2) is 7.84. The standard InChI is InChI=1S/C18H18N2O2/c1-2-3-11-22-16-9-6-8-14(12-16)18(21)20-17-10-5-4-7-15(17)13-19/h4-10,12H,2-3,11H2,1H3,(H,20,21). The van der Waals surface area contributed by atoms with Crippen molar-refractivity contribution in [3.63, 3.8) is 0 Å². The molecule has 2 aromatic carbocycles. The molecule has 0 aromatic heterocycles. The molecule has 0 heterocycles. The van der Waals surface area contributed by atoms with E-state index in [1.165, 1.54) is 0 Å². The van der Waals surface area contributed by atoms with E-state index in [-0.39, 0.29) is 5.91 Å². The van der Waals surface area contributed by atoms with Crippen LogP contribution in [-0.4, -0.2) is 12.5 Å². The Morgan fingerprint density at radius 3 is 2.82 bits per heavy atom. The van der Waals surface area contributed by atoms with Gasteiger partial charge in [-0.1, -0.05) is 31.5 Å². The third kappa shape index (κ3) is 4.10. The highest BCUT2D eigenvalue weighted by Crippen LogP contribution is 2.18. The molecule has 0 aliphatic rings. The second-order valence-corrected chi connectivity index (χ2v) is 4.84. The summed E-state index contributed by atoms with van der Waals surface area (Å²) in [6.45, 7) is 2.73. The van der Waals surface area contributed by atoms with Gasteiger partial charge in [-0.15, -0.1) is 0 Å². The monoisotopic (exact) mass is 294 g/mol. The number of carbonyl (C=O) groups is 1. The zero-order chi connectivity index (χ0) is 15.8. The SMILES string of the molecule is CCCCOc1cccc(C(=O)Nc2ccccc2C#N)c1. The van der Waals surface area contributed by atoms with Crippen LogP contribution in [0.15, 0.2) is 48.5 Å². The minimum atomic E-state index is -0.261. The van der Waals surface area contributed by atoms with Crippen LogP contribution in [0.3, 0.4) is 0 Å². The average Bonchev–Trinajstić information content (AvgIpc) is 2.56. The number of amides is 1. The summed E-state index contributed by atoms with van der Waals surface area (Å²) in [5.41, 5.74) is 1.44. The Hall–Kier alpha value is -2.80. The third-order valence-electron chi connectivity index (χ3n) is 3.16. The molecular weight excluding hydrogens is 276 g/mol. The molecule has 4 heteroatoms. The summed E-state index contributed by atoms with van der Waals surface area (Å²) in [7, 11) is 0. The van der Waals surface area contributed by atoms with Gasteiger partial charge in [-0.2, -0.15) is 5.26 Å². The van der Waals surface area contributed by atoms with Crippen molar-refractivity contribution < 1.29 is 9.53 Å². The molecule has 2 aromatic rings. The summed E-state index contributed by atoms with van der Waals surface area (Å²) in [6.07, 6.45) is 2.04. The number of nitrogens with zero attached hydrogens (tertiary/aromatic N) is 1. The van der Waals surface area contributed by atoms with E-state index in [9.17, 15) is 4.79 Å². The van der Waals surface area contributed by atoms with Crippen molar-refractivity contribution in [1.29, 1.82) is 5.26 Å². The molecule has 0 radical (unpaired) electrons. The molecule has 0 unspecified atom stereocenters. The number of para-hydroxylation sites is 1. The lowest BCUT2D eigenvalue weighted by Gasteiger charge is -2.09. The number of unbranched alkanes of at least 4 members (excludes halogenated alkanes) is 1. The number of hydrogen-bond donors (Lipinski definition) is 1. The molecule has 22 heavy (non-hydrogen) atoms. The van der Waals surface area contributed by atoms with E-state index in [4.69, 9.17) is 10.00 Å². The zero-order valence-electron chi connectivity index (χ0n) is 12.5. The highest BCUT2D eigenvalue weighted by molar-refractivity contribution is 6.05. The Bertz CT molecular complexity index is 689. The van der Waals surface area contributed by atoms with E-state index >= 15 is 0 Å². The molecule has 0 aliphatic carbocycles. The zero-order valence-corrected chi connectivity index (χ0v) is 12.5. The van der Waals surface area contributed by atoms with Gasteiger partial charge in [0, 0.05) is 5.56 Å². The highest BCUT2D eigenvalue weighted by Gasteiger charge is 2.09. The van der Waals surface area contributed by atoms with Crippen molar-refractivity contribution in [3.05, 3.63) is 59.7 Å². The highest BCUT2D eigenvalue weighted by atomic mass is 16.5. The molecule has 2 rings (SSSR count). The number of hydrogen-bond acceptors (Lipinski definition) is 3. The molecule has 0 aliphatic heterocycles. The first-order valence-corrected chi connectivity index (χ1v) is 7.28. The Labute approximate surface area is 130 Å². The fourth-order valence-electron chi connectivity index (χ4n) is 1.95. The van der Waals surface area contributed by atoms with Crippen LogP contribution in [0.5, 0.6) is 5.75 Å². The second-order valence-electron chi connectivity index (χ2n) is 4.84. The van der Waals surface area contributed by atoms with Crippen LogP contribution in [-0.2, 0) is 0 Å². The van der Waals surface area contributed by atoms with Crippen molar-refractivity contribution in [3.8, 4) is 11.8 Å². The molecule has 0 saturated carbocycles. The molecule has 0 atom stereocenters. The van der Waals surface area contributed by atoms with E-state index in [0.717, 1.165) is 12.8 Å². The molecule has 1 amide bonds. The van der Waals surface area contributed by atoms with Crippen molar-refractivity contribution in [2.45, 2.75) is 19.8 Å². The number of nitriles is 1. The van der Waals surface area contributed by atoms with Crippen molar-refractivity contribution in [2.24, 2.45) is 0 Å². The number of carbonyl (C=O) groups excluding carboxylic acids is 1. The summed E-state index contributed by atoms with van der Waals surface area (Å²) in [5, 5.41) is 11.8.